The van der Waals surface area contributed by atoms with E-state index in [0.29, 0.717) is 31.7 Å². The second-order valence-corrected chi connectivity index (χ2v) is 11.0. The molecule has 1 aromatic heterocycles. The number of aromatic amines is 1. The molecule has 3 atom stereocenters. The molecule has 1 N–H and O–H groups in total. The summed E-state index contributed by atoms with van der Waals surface area (Å²) in [5.74, 6) is 0.887. The van der Waals surface area contributed by atoms with Gasteiger partial charge in [0.1, 0.15) is 5.82 Å². The van der Waals surface area contributed by atoms with Crippen LogP contribution in [0.3, 0.4) is 0 Å². The maximum atomic E-state index is 14.0. The Morgan fingerprint density at radius 1 is 1.18 bits per heavy atom. The van der Waals surface area contributed by atoms with Crippen LogP contribution >= 0.6 is 0 Å². The number of aryl methyl sites for hydroxylation is 1. The average molecular weight is 450 g/mol. The van der Waals surface area contributed by atoms with Gasteiger partial charge in [-0.3, -0.25) is 9.59 Å². The van der Waals surface area contributed by atoms with E-state index >= 15 is 0 Å². The molecular formula is C27H35N3O3. The van der Waals surface area contributed by atoms with Gasteiger partial charge in [-0.05, 0) is 63.9 Å². The minimum absolute atomic E-state index is 0.0378. The predicted octanol–water partition coefficient (Wildman–Crippen LogP) is 3.74. The molecule has 0 radical (unpaired) electrons. The Bertz CT molecular complexity index is 1090. The summed E-state index contributed by atoms with van der Waals surface area (Å²) in [5, 5.41) is 0. The molecule has 33 heavy (non-hydrogen) atoms. The number of carbonyl (C=O) groups is 1. The molecule has 2 saturated heterocycles. The maximum absolute atomic E-state index is 14.0. The standard InChI is InChI=1S/C27H35N3O3/c1-18-28-23-14-21-10-9-20(13-22(23)25(32)29-18)30(21)24(31)16-27(11-12-33-26(2,3)17-27)15-19-7-5-4-6-8-19/h4-8,20-21H,9-17H2,1-3H3,(H,28,29,32)/t20-,21+,27-/m1/s1. The highest BCUT2D eigenvalue weighted by atomic mass is 16.5. The van der Waals surface area contributed by atoms with E-state index in [1.807, 2.05) is 13.0 Å². The molecule has 0 saturated carbocycles. The molecule has 0 spiro atoms. The Labute approximate surface area is 195 Å². The number of hydrogen-bond acceptors (Lipinski definition) is 4. The number of H-pyrrole nitrogens is 1. The van der Waals surface area contributed by atoms with Crippen molar-refractivity contribution in [2.45, 2.75) is 89.8 Å². The normalized spacial score (nSPS) is 28.3. The van der Waals surface area contributed by atoms with Gasteiger partial charge in [-0.2, -0.15) is 0 Å². The van der Waals surface area contributed by atoms with Gasteiger partial charge < -0.3 is 14.6 Å². The minimum Gasteiger partial charge on any atom is -0.376 e. The van der Waals surface area contributed by atoms with Gasteiger partial charge in [0.25, 0.3) is 5.56 Å². The van der Waals surface area contributed by atoms with Crippen LogP contribution in [0, 0.1) is 12.3 Å². The monoisotopic (exact) mass is 449 g/mol. The lowest BCUT2D eigenvalue weighted by atomic mass is 9.68. The van der Waals surface area contributed by atoms with Crippen molar-refractivity contribution in [1.82, 2.24) is 14.9 Å². The summed E-state index contributed by atoms with van der Waals surface area (Å²) in [7, 11) is 0. The molecule has 3 aliphatic rings. The highest BCUT2D eigenvalue weighted by molar-refractivity contribution is 5.78. The Kier molecular flexibility index (Phi) is 5.68. The fourth-order valence-electron chi connectivity index (χ4n) is 6.67. The molecule has 2 aromatic rings. The van der Waals surface area contributed by atoms with E-state index in [-0.39, 0.29) is 34.6 Å². The van der Waals surface area contributed by atoms with Gasteiger partial charge in [-0.25, -0.2) is 4.98 Å². The van der Waals surface area contributed by atoms with Crippen molar-refractivity contribution in [3.63, 3.8) is 0 Å². The summed E-state index contributed by atoms with van der Waals surface area (Å²) in [6, 6.07) is 10.8. The SMILES string of the molecule is Cc1nc2c(c(=O)[nH]1)C[C@H]1CC[C@@H](C2)N1C(=O)C[C@]1(Cc2ccccc2)CCOC(C)(C)C1. The van der Waals surface area contributed by atoms with E-state index in [1.165, 1.54) is 5.56 Å². The van der Waals surface area contributed by atoms with E-state index in [2.05, 4.69) is 53.0 Å². The van der Waals surface area contributed by atoms with Gasteiger partial charge in [0.15, 0.2) is 0 Å². The molecule has 1 aromatic carbocycles. The van der Waals surface area contributed by atoms with Crippen LogP contribution in [0.25, 0.3) is 0 Å². The first-order chi connectivity index (χ1) is 15.7. The molecule has 176 valence electrons. The Morgan fingerprint density at radius 2 is 1.91 bits per heavy atom. The molecule has 2 fully saturated rings. The first-order valence-corrected chi connectivity index (χ1v) is 12.3. The zero-order chi connectivity index (χ0) is 23.2. The quantitative estimate of drug-likeness (QED) is 0.772. The van der Waals surface area contributed by atoms with Crippen molar-refractivity contribution in [1.29, 1.82) is 0 Å². The van der Waals surface area contributed by atoms with Gasteiger partial charge in [0.05, 0.1) is 11.3 Å². The number of amides is 1. The molecular weight excluding hydrogens is 414 g/mol. The van der Waals surface area contributed by atoms with Crippen molar-refractivity contribution in [3.8, 4) is 0 Å². The topological polar surface area (TPSA) is 75.3 Å². The van der Waals surface area contributed by atoms with Crippen LogP contribution in [-0.2, 0) is 28.8 Å². The van der Waals surface area contributed by atoms with Gasteiger partial charge in [-0.15, -0.1) is 0 Å². The summed E-state index contributed by atoms with van der Waals surface area (Å²) in [4.78, 5) is 36.2. The number of nitrogens with one attached hydrogen (secondary N) is 1. The zero-order valence-corrected chi connectivity index (χ0v) is 20.0. The third-order valence-electron chi connectivity index (χ3n) is 7.87. The van der Waals surface area contributed by atoms with Crippen molar-refractivity contribution in [2.75, 3.05) is 6.61 Å². The van der Waals surface area contributed by atoms with Crippen molar-refractivity contribution < 1.29 is 9.53 Å². The first-order valence-electron chi connectivity index (χ1n) is 12.3. The number of nitrogens with zero attached hydrogens (tertiary/aromatic N) is 2. The first kappa shape index (κ1) is 22.3. The number of fused-ring (bicyclic) bond motifs is 3. The molecule has 0 aliphatic carbocycles. The van der Waals surface area contributed by atoms with Crippen LogP contribution in [0.1, 0.15) is 68.6 Å². The lowest BCUT2D eigenvalue weighted by Gasteiger charge is -2.46. The van der Waals surface area contributed by atoms with Crippen LogP contribution in [0.2, 0.25) is 0 Å². The fraction of sp³-hybridized carbons (Fsp3) is 0.593. The highest BCUT2D eigenvalue weighted by Gasteiger charge is 2.46. The van der Waals surface area contributed by atoms with Gasteiger partial charge in [0, 0.05) is 43.5 Å². The van der Waals surface area contributed by atoms with Gasteiger partial charge >= 0.3 is 0 Å². The number of aromatic nitrogens is 2. The van der Waals surface area contributed by atoms with Crippen molar-refractivity contribution in [3.05, 3.63) is 63.3 Å². The highest BCUT2D eigenvalue weighted by Crippen LogP contribution is 2.45. The molecule has 6 heteroatoms. The minimum atomic E-state index is -0.240. The van der Waals surface area contributed by atoms with Crippen molar-refractivity contribution in [2.24, 2.45) is 5.41 Å². The van der Waals surface area contributed by atoms with Crippen molar-refractivity contribution >= 4 is 5.91 Å². The van der Waals surface area contributed by atoms with Crippen LogP contribution in [0.4, 0.5) is 0 Å². The number of hydrogen-bond donors (Lipinski definition) is 1. The Morgan fingerprint density at radius 3 is 2.64 bits per heavy atom. The lowest BCUT2D eigenvalue weighted by Crippen LogP contribution is -2.48. The lowest BCUT2D eigenvalue weighted by molar-refractivity contribution is -0.144. The van der Waals surface area contributed by atoms with E-state index in [9.17, 15) is 9.59 Å². The van der Waals surface area contributed by atoms with Crippen LogP contribution in [-0.4, -0.2) is 45.1 Å². The number of carbonyl (C=O) groups excluding carboxylic acids is 1. The molecule has 2 bridgehead atoms. The third-order valence-corrected chi connectivity index (χ3v) is 7.87. The summed E-state index contributed by atoms with van der Waals surface area (Å²) < 4.78 is 6.06. The second kappa shape index (κ2) is 8.39. The summed E-state index contributed by atoms with van der Waals surface area (Å²) >= 11 is 0. The fourth-order valence-corrected chi connectivity index (χ4v) is 6.67. The van der Waals surface area contributed by atoms with E-state index in [0.717, 1.165) is 43.4 Å². The molecule has 6 nitrogen and oxygen atoms in total. The third kappa shape index (κ3) is 4.50. The van der Waals surface area contributed by atoms with E-state index in [4.69, 9.17) is 4.74 Å². The van der Waals surface area contributed by atoms with Crippen LogP contribution < -0.4 is 5.56 Å². The van der Waals surface area contributed by atoms with Gasteiger partial charge in [0.2, 0.25) is 5.91 Å². The average Bonchev–Trinajstić information content (AvgIpc) is 3.03. The predicted molar refractivity (Wildman–Crippen MR) is 127 cm³/mol. The molecule has 0 unspecified atom stereocenters. The number of benzene rings is 1. The van der Waals surface area contributed by atoms with E-state index < -0.39 is 0 Å². The largest absolute Gasteiger partial charge is 0.376 e. The number of ether oxygens (including phenoxy) is 1. The zero-order valence-electron chi connectivity index (χ0n) is 20.0. The van der Waals surface area contributed by atoms with Gasteiger partial charge in [-0.1, -0.05) is 30.3 Å². The smallest absolute Gasteiger partial charge is 0.254 e. The maximum Gasteiger partial charge on any atom is 0.254 e. The Hall–Kier alpha value is -2.47. The summed E-state index contributed by atoms with van der Waals surface area (Å²) in [5.41, 5.74) is 2.54. The van der Waals surface area contributed by atoms with E-state index in [1.54, 1.807) is 0 Å². The molecule has 5 rings (SSSR count). The van der Waals surface area contributed by atoms with Crippen LogP contribution in [0.15, 0.2) is 35.1 Å². The molecule has 4 heterocycles. The Balaban J connectivity index is 1.42. The molecule has 1 amide bonds. The number of rotatable bonds is 4. The summed E-state index contributed by atoms with van der Waals surface area (Å²) in [6.07, 6.45) is 6.42. The van der Waals surface area contributed by atoms with Crippen LogP contribution in [0.5, 0.6) is 0 Å². The molecule has 3 aliphatic heterocycles. The second-order valence-electron chi connectivity index (χ2n) is 11.0. The summed E-state index contributed by atoms with van der Waals surface area (Å²) in [6.45, 7) is 6.80.